The number of imidazole rings is 1. The Morgan fingerprint density at radius 2 is 1.95 bits per heavy atom. The van der Waals surface area contributed by atoms with Gasteiger partial charge in [0.15, 0.2) is 0 Å². The van der Waals surface area contributed by atoms with Gasteiger partial charge in [-0.15, -0.1) is 0 Å². The third-order valence-corrected chi connectivity index (χ3v) is 7.98. The van der Waals surface area contributed by atoms with Gasteiger partial charge in [0, 0.05) is 26.2 Å². The van der Waals surface area contributed by atoms with Gasteiger partial charge in [0.05, 0.1) is 24.2 Å². The molecule has 4 rings (SSSR count). The maximum absolute atomic E-state index is 14.4. The van der Waals surface area contributed by atoms with Crippen molar-refractivity contribution in [3.8, 4) is 11.6 Å². The number of halogens is 2. The number of carboxylic acid groups (broad SMARTS) is 1. The lowest BCUT2D eigenvalue weighted by Crippen LogP contribution is -2.35. The molecule has 1 saturated carbocycles. The zero-order valence-corrected chi connectivity index (χ0v) is 23.7. The van der Waals surface area contributed by atoms with Gasteiger partial charge in [-0.2, -0.15) is 0 Å². The normalized spacial score (nSPS) is 14.9. The molecule has 1 fully saturated rings. The van der Waals surface area contributed by atoms with Crippen LogP contribution in [0, 0.1) is 18.7 Å². The van der Waals surface area contributed by atoms with E-state index in [0.29, 0.717) is 23.8 Å². The Morgan fingerprint density at radius 1 is 1.20 bits per heavy atom. The summed E-state index contributed by atoms with van der Waals surface area (Å²) >= 11 is 5.93. The molecule has 0 amide bonds. The van der Waals surface area contributed by atoms with Crippen LogP contribution in [0.5, 0.6) is 11.6 Å². The van der Waals surface area contributed by atoms with E-state index in [4.69, 9.17) is 16.3 Å². The Bertz CT molecular complexity index is 1380. The fourth-order valence-electron chi connectivity index (χ4n) is 5.60. The van der Waals surface area contributed by atoms with Crippen molar-refractivity contribution in [2.24, 2.45) is 13.0 Å². The molecule has 2 aromatic carbocycles. The number of aromatic nitrogens is 2. The molecule has 8 nitrogen and oxygen atoms in total. The molecular formula is C30H37ClFN3O5. The number of nitrogens with zero attached hydrogens (tertiary/aromatic N) is 3. The predicted molar refractivity (Wildman–Crippen MR) is 151 cm³/mol. The molecular weight excluding hydrogens is 537 g/mol. The molecule has 2 N–H and O–H groups in total. The topological polar surface area (TPSA) is 96.9 Å². The van der Waals surface area contributed by atoms with E-state index in [9.17, 15) is 24.2 Å². The Hall–Kier alpha value is -3.30. The standard InChI is InChI=1S/C30H37ClFN3O5/c1-20-14-22(8-11-27(20)40-13-12-35-28(36)19-33(2)30(35)39)18-34(17-21-6-4-3-5-7-21)26(16-29(37)38)23-9-10-24(31)25(32)15-23/h8-11,14-15,19,21,26,36H,3-7,12-13,16-18H2,1-2H3,(H,37,38)/t26-/m0/s1. The monoisotopic (exact) mass is 573 g/mol. The van der Waals surface area contributed by atoms with Crippen molar-refractivity contribution < 1.29 is 24.1 Å². The largest absolute Gasteiger partial charge is 0.493 e. The first-order chi connectivity index (χ1) is 19.1. The first-order valence-corrected chi connectivity index (χ1v) is 14.1. The fraction of sp³-hybridized carbons (Fsp3) is 0.467. The molecule has 0 aliphatic heterocycles. The van der Waals surface area contributed by atoms with Crippen molar-refractivity contribution in [1.82, 2.24) is 14.0 Å². The van der Waals surface area contributed by atoms with Gasteiger partial charge in [-0.25, -0.2) is 9.18 Å². The zero-order chi connectivity index (χ0) is 28.8. The van der Waals surface area contributed by atoms with Gasteiger partial charge in [0.25, 0.3) is 0 Å². The molecule has 40 heavy (non-hydrogen) atoms. The third kappa shape index (κ3) is 7.46. The highest BCUT2D eigenvalue weighted by molar-refractivity contribution is 6.30. The van der Waals surface area contributed by atoms with Crippen molar-refractivity contribution in [3.05, 3.63) is 80.6 Å². The molecule has 1 aliphatic carbocycles. The lowest BCUT2D eigenvalue weighted by atomic mass is 9.88. The molecule has 1 heterocycles. The molecule has 1 aliphatic rings. The summed E-state index contributed by atoms with van der Waals surface area (Å²) in [6.45, 7) is 3.55. The highest BCUT2D eigenvalue weighted by atomic mass is 35.5. The van der Waals surface area contributed by atoms with E-state index in [2.05, 4.69) is 4.90 Å². The van der Waals surface area contributed by atoms with Gasteiger partial charge in [0.2, 0.25) is 5.88 Å². The van der Waals surface area contributed by atoms with E-state index < -0.39 is 17.8 Å². The van der Waals surface area contributed by atoms with E-state index in [0.717, 1.165) is 43.4 Å². The van der Waals surface area contributed by atoms with Crippen LogP contribution in [0.25, 0.3) is 0 Å². The van der Waals surface area contributed by atoms with E-state index in [1.54, 1.807) is 13.1 Å². The van der Waals surface area contributed by atoms with Crippen molar-refractivity contribution in [2.75, 3.05) is 13.2 Å². The first-order valence-electron chi connectivity index (χ1n) is 13.7. The van der Waals surface area contributed by atoms with E-state index >= 15 is 0 Å². The van der Waals surface area contributed by atoms with Gasteiger partial charge < -0.3 is 14.9 Å². The van der Waals surface area contributed by atoms with Crippen molar-refractivity contribution in [2.45, 2.75) is 64.6 Å². The lowest BCUT2D eigenvalue weighted by molar-refractivity contribution is -0.138. The second kappa shape index (κ2) is 13.4. The Kier molecular flexibility index (Phi) is 9.92. The van der Waals surface area contributed by atoms with Gasteiger partial charge in [0.1, 0.15) is 18.2 Å². The quantitative estimate of drug-likeness (QED) is 0.290. The summed E-state index contributed by atoms with van der Waals surface area (Å²) in [5, 5.41) is 19.7. The first kappa shape index (κ1) is 29.7. The van der Waals surface area contributed by atoms with Crippen LogP contribution in [0.2, 0.25) is 5.02 Å². The molecule has 3 aromatic rings. The number of carbonyl (C=O) groups is 1. The highest BCUT2D eigenvalue weighted by Crippen LogP contribution is 2.33. The molecule has 0 unspecified atom stereocenters. The number of ether oxygens (including phenoxy) is 1. The Labute approximate surface area is 238 Å². The minimum absolute atomic E-state index is 0.00946. The SMILES string of the molecule is Cc1cc(CN(CC2CCCCC2)[C@@H](CC(=O)O)c2ccc(Cl)c(F)c2)ccc1OCCn1c(O)cn(C)c1=O. The number of aliphatic carboxylic acids is 1. The van der Waals surface area contributed by atoms with Crippen LogP contribution in [-0.2, 0) is 24.9 Å². The molecule has 216 valence electrons. The second-order valence-corrected chi connectivity index (χ2v) is 11.1. The number of benzene rings is 2. The molecule has 0 saturated heterocycles. The van der Waals surface area contributed by atoms with Crippen LogP contribution in [-0.4, -0.2) is 43.4 Å². The van der Waals surface area contributed by atoms with Gasteiger partial charge in [-0.3, -0.25) is 18.8 Å². The molecule has 1 aromatic heterocycles. The van der Waals surface area contributed by atoms with Crippen LogP contribution < -0.4 is 10.4 Å². The van der Waals surface area contributed by atoms with Crippen molar-refractivity contribution in [3.63, 3.8) is 0 Å². The van der Waals surface area contributed by atoms with E-state index in [1.807, 2.05) is 25.1 Å². The summed E-state index contributed by atoms with van der Waals surface area (Å²) < 4.78 is 22.9. The molecule has 0 bridgehead atoms. The maximum atomic E-state index is 14.4. The average molecular weight is 574 g/mol. The van der Waals surface area contributed by atoms with Crippen molar-refractivity contribution in [1.29, 1.82) is 0 Å². The molecule has 10 heteroatoms. The van der Waals surface area contributed by atoms with Crippen molar-refractivity contribution >= 4 is 17.6 Å². The minimum Gasteiger partial charge on any atom is -0.493 e. The number of aromatic hydroxyl groups is 1. The summed E-state index contributed by atoms with van der Waals surface area (Å²) in [5.41, 5.74) is 2.16. The summed E-state index contributed by atoms with van der Waals surface area (Å²) in [7, 11) is 1.57. The van der Waals surface area contributed by atoms with E-state index in [1.165, 1.54) is 33.9 Å². The van der Waals surface area contributed by atoms with Crippen LogP contribution in [0.4, 0.5) is 4.39 Å². The van der Waals surface area contributed by atoms with Crippen LogP contribution in [0.3, 0.4) is 0 Å². The Balaban J connectivity index is 1.53. The molecule has 0 spiro atoms. The summed E-state index contributed by atoms with van der Waals surface area (Å²) in [6.07, 6.45) is 6.94. The van der Waals surface area contributed by atoms with Gasteiger partial charge in [-0.05, 0) is 60.6 Å². The number of hydrogen-bond acceptors (Lipinski definition) is 5. The molecule has 0 radical (unpaired) electrons. The highest BCUT2D eigenvalue weighted by Gasteiger charge is 2.27. The third-order valence-electron chi connectivity index (χ3n) is 7.67. The Morgan fingerprint density at radius 3 is 2.58 bits per heavy atom. The van der Waals surface area contributed by atoms with E-state index in [-0.39, 0.29) is 36.2 Å². The summed E-state index contributed by atoms with van der Waals surface area (Å²) in [5.74, 6) is -0.512. The number of hydrogen-bond donors (Lipinski definition) is 2. The average Bonchev–Trinajstić information content (AvgIpc) is 3.16. The van der Waals surface area contributed by atoms with Crippen LogP contribution in [0.1, 0.15) is 61.3 Å². The van der Waals surface area contributed by atoms with Gasteiger partial charge >= 0.3 is 11.7 Å². The van der Waals surface area contributed by atoms with Crippen LogP contribution in [0.15, 0.2) is 47.4 Å². The number of rotatable bonds is 12. The van der Waals surface area contributed by atoms with Gasteiger partial charge in [-0.1, -0.05) is 49.1 Å². The number of aryl methyl sites for hydroxylation is 2. The smallest absolute Gasteiger partial charge is 0.330 e. The number of carboxylic acids is 1. The second-order valence-electron chi connectivity index (χ2n) is 10.7. The predicted octanol–water partition coefficient (Wildman–Crippen LogP) is 5.67. The summed E-state index contributed by atoms with van der Waals surface area (Å²) in [4.78, 5) is 26.2. The fourth-order valence-corrected chi connectivity index (χ4v) is 5.71. The van der Waals surface area contributed by atoms with Crippen LogP contribution >= 0.6 is 11.6 Å². The minimum atomic E-state index is -0.947. The molecule has 1 atom stereocenters. The summed E-state index contributed by atoms with van der Waals surface area (Å²) in [6, 6.07) is 9.86. The zero-order valence-electron chi connectivity index (χ0n) is 23.0. The lowest BCUT2D eigenvalue weighted by Gasteiger charge is -2.35. The maximum Gasteiger partial charge on any atom is 0.330 e.